The van der Waals surface area contributed by atoms with Crippen LogP contribution >= 0.6 is 0 Å². The van der Waals surface area contributed by atoms with Gasteiger partial charge in [-0.05, 0) is 19.4 Å². The molecule has 1 aromatic rings. The molecule has 2 rings (SSSR count). The van der Waals surface area contributed by atoms with Crippen LogP contribution in [0.25, 0.3) is 0 Å². The number of nitrogens with zero attached hydrogens (tertiary/aromatic N) is 1. The zero-order chi connectivity index (χ0) is 19.0. The molecular formula is C14H18N2O8S. The number of amides is 1. The minimum absolute atomic E-state index is 0.262. The van der Waals surface area contributed by atoms with Gasteiger partial charge in [-0.2, -0.15) is 13.0 Å². The van der Waals surface area contributed by atoms with Crippen LogP contribution in [0.5, 0.6) is 5.75 Å². The molecule has 0 saturated heterocycles. The number of carbonyl (C=O) groups is 2. The Hall–Kier alpha value is -2.66. The standard InChI is InChI=1S/C9H13NO2.C5H5NO6S/c1-2-6-12-8-10-5-3-4-9(11)7-10;1-2-3(5(8)9)4(7)6-13(10,11)12-2/h3-5,7H,2,6,8H2,1H3;1H3,(H,6,7)(H,8,9). The number of hydrogen-bond acceptors (Lipinski definition) is 8. The summed E-state index contributed by atoms with van der Waals surface area (Å²) in [5.41, 5.74) is -0.824. The highest BCUT2D eigenvalue weighted by atomic mass is 32.2. The van der Waals surface area contributed by atoms with Crippen LogP contribution < -0.4 is 14.4 Å². The van der Waals surface area contributed by atoms with Crippen molar-refractivity contribution in [3.05, 3.63) is 35.9 Å². The van der Waals surface area contributed by atoms with E-state index in [0.717, 1.165) is 20.0 Å². The minimum Gasteiger partial charge on any atom is -0.544 e. The van der Waals surface area contributed by atoms with Crippen molar-refractivity contribution in [1.82, 2.24) is 4.72 Å². The highest BCUT2D eigenvalue weighted by Gasteiger charge is 2.29. The van der Waals surface area contributed by atoms with E-state index in [1.807, 2.05) is 6.20 Å². The van der Waals surface area contributed by atoms with Gasteiger partial charge in [0.25, 0.3) is 12.6 Å². The number of nitrogens with one attached hydrogen (secondary N) is 1. The molecule has 11 heteroatoms. The molecule has 25 heavy (non-hydrogen) atoms. The average molecular weight is 374 g/mol. The molecule has 2 N–H and O–H groups in total. The second kappa shape index (κ2) is 8.99. The van der Waals surface area contributed by atoms with Crippen LogP contribution in [0.1, 0.15) is 20.3 Å². The van der Waals surface area contributed by atoms with Gasteiger partial charge in [-0.25, -0.2) is 4.72 Å². The Morgan fingerprint density at radius 3 is 2.68 bits per heavy atom. The van der Waals surface area contributed by atoms with E-state index >= 15 is 0 Å². The fourth-order valence-corrected chi connectivity index (χ4v) is 2.47. The predicted molar refractivity (Wildman–Crippen MR) is 80.4 cm³/mol. The Balaban J connectivity index is 0.000000251. The number of aliphatic carboxylic acids is 1. The topological polar surface area (TPSA) is 146 Å². The molecule has 0 saturated carbocycles. The highest BCUT2D eigenvalue weighted by Crippen LogP contribution is 2.13. The molecule has 138 valence electrons. The Bertz CT molecular complexity index is 773. The maximum absolute atomic E-state index is 10.8. The van der Waals surface area contributed by atoms with Crippen molar-refractivity contribution in [2.45, 2.75) is 27.0 Å². The first kappa shape index (κ1) is 20.4. The molecular weight excluding hydrogens is 356 g/mol. The van der Waals surface area contributed by atoms with Gasteiger partial charge in [-0.15, -0.1) is 0 Å². The molecule has 0 atom stereocenters. The van der Waals surface area contributed by atoms with E-state index in [2.05, 4.69) is 11.1 Å². The molecule has 1 amide bonds. The predicted octanol–water partition coefficient (Wildman–Crippen LogP) is -1.53. The maximum atomic E-state index is 10.8. The Morgan fingerprint density at radius 2 is 2.16 bits per heavy atom. The summed E-state index contributed by atoms with van der Waals surface area (Å²) in [5.74, 6) is -3.30. The van der Waals surface area contributed by atoms with Gasteiger partial charge in [0.2, 0.25) is 6.20 Å². The third-order valence-electron chi connectivity index (χ3n) is 2.67. The quantitative estimate of drug-likeness (QED) is 0.358. The molecule has 0 spiro atoms. The maximum Gasteiger partial charge on any atom is 0.409 e. The number of pyridine rings is 1. The lowest BCUT2D eigenvalue weighted by atomic mass is 10.2. The molecule has 1 aliphatic rings. The van der Waals surface area contributed by atoms with E-state index in [0.29, 0.717) is 6.73 Å². The van der Waals surface area contributed by atoms with Crippen molar-refractivity contribution in [1.29, 1.82) is 0 Å². The van der Waals surface area contributed by atoms with Crippen LogP contribution in [0, 0.1) is 0 Å². The van der Waals surface area contributed by atoms with Gasteiger partial charge in [-0.3, -0.25) is 4.79 Å². The highest BCUT2D eigenvalue weighted by molar-refractivity contribution is 7.85. The van der Waals surface area contributed by atoms with E-state index in [-0.39, 0.29) is 5.75 Å². The van der Waals surface area contributed by atoms with E-state index in [4.69, 9.17) is 9.84 Å². The summed E-state index contributed by atoms with van der Waals surface area (Å²) < 4.78 is 33.8. The van der Waals surface area contributed by atoms with Gasteiger partial charge in [0.1, 0.15) is 11.3 Å². The Labute approximate surface area is 144 Å². The van der Waals surface area contributed by atoms with Crippen molar-refractivity contribution in [3.8, 4) is 5.75 Å². The van der Waals surface area contributed by atoms with Crippen molar-refractivity contribution in [3.63, 3.8) is 0 Å². The summed E-state index contributed by atoms with van der Waals surface area (Å²) in [5, 5.41) is 19.4. The molecule has 0 aromatic carbocycles. The van der Waals surface area contributed by atoms with Gasteiger partial charge >= 0.3 is 10.3 Å². The van der Waals surface area contributed by atoms with Gasteiger partial charge in [-0.1, -0.05) is 6.92 Å². The van der Waals surface area contributed by atoms with Crippen molar-refractivity contribution < 1.29 is 41.7 Å². The Morgan fingerprint density at radius 1 is 1.48 bits per heavy atom. The molecule has 10 nitrogen and oxygen atoms in total. The van der Waals surface area contributed by atoms with Crippen LogP contribution in [0.15, 0.2) is 35.9 Å². The number of rotatable bonds is 5. The van der Waals surface area contributed by atoms with Gasteiger partial charge in [0.05, 0.1) is 12.6 Å². The first-order chi connectivity index (χ1) is 11.7. The zero-order valence-electron chi connectivity index (χ0n) is 13.6. The summed E-state index contributed by atoms with van der Waals surface area (Å²) in [6, 6.07) is 3.42. The lowest BCUT2D eigenvalue weighted by Crippen LogP contribution is -2.43. The van der Waals surface area contributed by atoms with Crippen molar-refractivity contribution in [2.24, 2.45) is 0 Å². The second-order valence-electron chi connectivity index (χ2n) is 4.80. The van der Waals surface area contributed by atoms with Gasteiger partial charge in [0.15, 0.2) is 11.9 Å². The fourth-order valence-electron chi connectivity index (χ4n) is 1.69. The molecule has 2 heterocycles. The first-order valence-corrected chi connectivity index (χ1v) is 8.51. The van der Waals surface area contributed by atoms with Crippen LogP contribution in [-0.4, -0.2) is 32.0 Å². The summed E-state index contributed by atoms with van der Waals surface area (Å²) in [6.07, 6.45) is 4.50. The first-order valence-electron chi connectivity index (χ1n) is 7.11. The van der Waals surface area contributed by atoms with E-state index in [1.165, 1.54) is 4.72 Å². The Kier molecular flexibility index (Phi) is 7.33. The van der Waals surface area contributed by atoms with E-state index in [1.54, 1.807) is 22.9 Å². The number of aromatic nitrogens is 1. The van der Waals surface area contributed by atoms with Crippen LogP contribution in [-0.2, 0) is 35.5 Å². The van der Waals surface area contributed by atoms with Crippen molar-refractivity contribution >= 4 is 22.2 Å². The van der Waals surface area contributed by atoms with E-state index in [9.17, 15) is 23.1 Å². The average Bonchev–Trinajstić information content (AvgIpc) is 2.45. The number of carbonyl (C=O) groups excluding carboxylic acids is 2. The number of hydrogen-bond donors (Lipinski definition) is 2. The number of carboxylic acid groups (broad SMARTS) is 1. The number of aromatic hydroxyl groups is 1. The molecule has 0 radical (unpaired) electrons. The fraction of sp³-hybridized carbons (Fsp3) is 0.357. The molecule has 0 bridgehead atoms. The van der Waals surface area contributed by atoms with Crippen LogP contribution in [0.2, 0.25) is 0 Å². The molecule has 1 aromatic heterocycles. The number of ether oxygens (including phenoxy) is 1. The third-order valence-corrected chi connectivity index (χ3v) is 3.57. The molecule has 1 aliphatic heterocycles. The lowest BCUT2D eigenvalue weighted by molar-refractivity contribution is -0.733. The largest absolute Gasteiger partial charge is 0.544 e. The normalized spacial score (nSPS) is 15.5. The number of carboxylic acids is 1. The third kappa shape index (κ3) is 6.77. The van der Waals surface area contributed by atoms with Gasteiger partial charge < -0.3 is 23.9 Å². The smallest absolute Gasteiger partial charge is 0.409 e. The van der Waals surface area contributed by atoms with Crippen LogP contribution in [0.4, 0.5) is 0 Å². The minimum atomic E-state index is -4.20. The number of allylic oxidation sites excluding steroid dienone is 1. The monoisotopic (exact) mass is 374 g/mol. The summed E-state index contributed by atoms with van der Waals surface area (Å²) in [7, 11) is -4.20. The van der Waals surface area contributed by atoms with Gasteiger partial charge in [0, 0.05) is 6.07 Å². The summed E-state index contributed by atoms with van der Waals surface area (Å²) in [4.78, 5) is 21.1. The molecule has 0 unspecified atom stereocenters. The van der Waals surface area contributed by atoms with E-state index < -0.39 is 33.5 Å². The summed E-state index contributed by atoms with van der Waals surface area (Å²) >= 11 is 0. The zero-order valence-corrected chi connectivity index (χ0v) is 14.4. The molecule has 0 fully saturated rings. The molecule has 0 aliphatic carbocycles. The van der Waals surface area contributed by atoms with Crippen molar-refractivity contribution in [2.75, 3.05) is 6.61 Å². The second-order valence-corrected chi connectivity index (χ2v) is 6.08. The SMILES string of the molecule is CC1=C(C(=O)[O-])C(=O)NS(=O)(=O)O1.CCCOC[n+]1cccc(O)c1. The lowest BCUT2D eigenvalue weighted by Gasteiger charge is -2.18. The van der Waals surface area contributed by atoms with Crippen LogP contribution in [0.3, 0.4) is 0 Å². The summed E-state index contributed by atoms with van der Waals surface area (Å²) in [6.45, 7) is 4.36.